The Morgan fingerprint density at radius 3 is 1.23 bits per heavy atom. The minimum atomic E-state index is 0.0190. The molecule has 0 aliphatic heterocycles. The summed E-state index contributed by atoms with van der Waals surface area (Å²) in [6, 6.07) is 0. The average Bonchev–Trinajstić information content (AvgIpc) is 2.95. The van der Waals surface area contributed by atoms with Gasteiger partial charge in [0, 0.05) is 19.8 Å². The smallest absolute Gasteiger partial charge is 0.157 e. The molecule has 0 aliphatic carbocycles. The van der Waals surface area contributed by atoms with E-state index in [2.05, 4.69) is 26.0 Å². The molecule has 0 atom stereocenters. The second-order valence-electron chi connectivity index (χ2n) is 11.9. The van der Waals surface area contributed by atoms with Crippen molar-refractivity contribution in [1.82, 2.24) is 0 Å². The molecule has 0 heterocycles. The quantitative estimate of drug-likeness (QED) is 0.0490. The van der Waals surface area contributed by atoms with E-state index in [-0.39, 0.29) is 12.9 Å². The van der Waals surface area contributed by atoms with Gasteiger partial charge >= 0.3 is 0 Å². The van der Waals surface area contributed by atoms with Gasteiger partial charge in [-0.1, -0.05) is 161 Å². The fourth-order valence-electron chi connectivity index (χ4n) is 5.24. The standard InChI is InChI=1S/C36H72O3/c1-3-5-7-9-11-22-26-30-34-38-36(39-35-31-27-23-12-10-8-6-4-2)32-28-24-20-18-16-14-13-15-17-19-21-25-29-33-37/h21,25,36-37H,3-20,22-24,26-35H2,1-2H3/b25-21+. The summed E-state index contributed by atoms with van der Waals surface area (Å²) in [7, 11) is 0. The lowest BCUT2D eigenvalue weighted by Crippen LogP contribution is -2.19. The first kappa shape index (κ1) is 38.6. The number of ether oxygens (including phenoxy) is 2. The van der Waals surface area contributed by atoms with Gasteiger partial charge in [0.15, 0.2) is 6.29 Å². The molecule has 0 fully saturated rings. The van der Waals surface area contributed by atoms with E-state index in [1.807, 2.05) is 0 Å². The van der Waals surface area contributed by atoms with Crippen molar-refractivity contribution < 1.29 is 14.6 Å². The lowest BCUT2D eigenvalue weighted by Gasteiger charge is -2.19. The van der Waals surface area contributed by atoms with Crippen molar-refractivity contribution >= 4 is 0 Å². The van der Waals surface area contributed by atoms with Crippen molar-refractivity contribution in [2.24, 2.45) is 0 Å². The highest BCUT2D eigenvalue weighted by Crippen LogP contribution is 2.16. The molecule has 0 saturated carbocycles. The van der Waals surface area contributed by atoms with Gasteiger partial charge in [0.1, 0.15) is 0 Å². The van der Waals surface area contributed by atoms with E-state index < -0.39 is 0 Å². The van der Waals surface area contributed by atoms with Gasteiger partial charge in [0.05, 0.1) is 0 Å². The lowest BCUT2D eigenvalue weighted by molar-refractivity contribution is -0.148. The van der Waals surface area contributed by atoms with E-state index in [9.17, 15) is 0 Å². The van der Waals surface area contributed by atoms with Crippen LogP contribution in [0, 0.1) is 0 Å². The van der Waals surface area contributed by atoms with Gasteiger partial charge in [-0.2, -0.15) is 0 Å². The molecular formula is C36H72O3. The molecule has 3 heteroatoms. The van der Waals surface area contributed by atoms with Crippen LogP contribution in [0.25, 0.3) is 0 Å². The molecule has 1 N–H and O–H groups in total. The second kappa shape index (κ2) is 35.6. The molecule has 0 aliphatic rings. The summed E-state index contributed by atoms with van der Waals surface area (Å²) in [4.78, 5) is 0. The number of unbranched alkanes of at least 4 members (excludes halogenated alkanes) is 23. The molecule has 0 spiro atoms. The highest BCUT2D eigenvalue weighted by Gasteiger charge is 2.09. The molecule has 3 nitrogen and oxygen atoms in total. The van der Waals surface area contributed by atoms with Crippen molar-refractivity contribution in [2.45, 2.75) is 200 Å². The number of rotatable bonds is 34. The predicted molar refractivity (Wildman–Crippen MR) is 173 cm³/mol. The SMILES string of the molecule is CCCCCCCCCCOC(CCCCCCCCCCC/C=C/CCO)OCCCCCCCCCC. The number of allylic oxidation sites excluding steroid dienone is 1. The van der Waals surface area contributed by atoms with E-state index in [1.54, 1.807) is 0 Å². The monoisotopic (exact) mass is 553 g/mol. The van der Waals surface area contributed by atoms with Crippen molar-refractivity contribution in [3.8, 4) is 0 Å². The van der Waals surface area contributed by atoms with Crippen LogP contribution in [0.4, 0.5) is 0 Å². The van der Waals surface area contributed by atoms with Gasteiger partial charge in [-0.15, -0.1) is 0 Å². The summed E-state index contributed by atoms with van der Waals surface area (Å²) in [6.45, 7) is 6.59. The van der Waals surface area contributed by atoms with Gasteiger partial charge in [-0.3, -0.25) is 0 Å². The molecule has 234 valence electrons. The molecule has 0 radical (unpaired) electrons. The maximum Gasteiger partial charge on any atom is 0.157 e. The first-order valence-electron chi connectivity index (χ1n) is 17.8. The lowest BCUT2D eigenvalue weighted by atomic mass is 10.1. The second-order valence-corrected chi connectivity index (χ2v) is 11.9. The molecule has 0 bridgehead atoms. The zero-order valence-corrected chi connectivity index (χ0v) is 26.9. The third kappa shape index (κ3) is 33.7. The normalized spacial score (nSPS) is 11.9. The number of hydrogen-bond donors (Lipinski definition) is 1. The summed E-state index contributed by atoms with van der Waals surface area (Å²) < 4.78 is 12.5. The summed E-state index contributed by atoms with van der Waals surface area (Å²) in [5.74, 6) is 0. The first-order valence-corrected chi connectivity index (χ1v) is 17.8. The third-order valence-electron chi connectivity index (χ3n) is 7.88. The van der Waals surface area contributed by atoms with Gasteiger partial charge in [-0.25, -0.2) is 0 Å². The van der Waals surface area contributed by atoms with Crippen molar-refractivity contribution in [3.05, 3.63) is 12.2 Å². The van der Waals surface area contributed by atoms with Crippen LogP contribution in [-0.4, -0.2) is 31.2 Å². The third-order valence-corrected chi connectivity index (χ3v) is 7.88. The van der Waals surface area contributed by atoms with Crippen molar-refractivity contribution in [2.75, 3.05) is 19.8 Å². The minimum absolute atomic E-state index is 0.0190. The fourth-order valence-corrected chi connectivity index (χ4v) is 5.24. The summed E-state index contributed by atoms with van der Waals surface area (Å²) in [6.07, 6.45) is 41.0. The Morgan fingerprint density at radius 1 is 0.436 bits per heavy atom. The molecule has 0 rings (SSSR count). The van der Waals surface area contributed by atoms with Crippen LogP contribution in [0.2, 0.25) is 0 Å². The molecule has 0 aromatic rings. The highest BCUT2D eigenvalue weighted by atomic mass is 16.7. The predicted octanol–water partition coefficient (Wildman–Crippen LogP) is 11.9. The largest absolute Gasteiger partial charge is 0.396 e. The van der Waals surface area contributed by atoms with Gasteiger partial charge < -0.3 is 14.6 Å². The number of aliphatic hydroxyl groups is 1. The minimum Gasteiger partial charge on any atom is -0.396 e. The topological polar surface area (TPSA) is 38.7 Å². The molecule has 39 heavy (non-hydrogen) atoms. The summed E-state index contributed by atoms with van der Waals surface area (Å²) in [5.41, 5.74) is 0. The average molecular weight is 553 g/mol. The van der Waals surface area contributed by atoms with E-state index in [0.29, 0.717) is 0 Å². The Kier molecular flexibility index (Phi) is 35.3. The van der Waals surface area contributed by atoms with Gasteiger partial charge in [0.25, 0.3) is 0 Å². The molecule has 0 aromatic heterocycles. The van der Waals surface area contributed by atoms with Crippen LogP contribution in [0.5, 0.6) is 0 Å². The summed E-state index contributed by atoms with van der Waals surface area (Å²) in [5, 5.41) is 8.78. The zero-order valence-electron chi connectivity index (χ0n) is 26.9. The molecule has 0 saturated heterocycles. The Labute approximate surface area is 246 Å². The molecule has 0 unspecified atom stereocenters. The van der Waals surface area contributed by atoms with Crippen LogP contribution >= 0.6 is 0 Å². The van der Waals surface area contributed by atoms with Gasteiger partial charge in [-0.05, 0) is 44.9 Å². The van der Waals surface area contributed by atoms with Crippen LogP contribution in [0.3, 0.4) is 0 Å². The maximum atomic E-state index is 8.78. The van der Waals surface area contributed by atoms with E-state index in [0.717, 1.165) is 26.1 Å². The van der Waals surface area contributed by atoms with Crippen LogP contribution < -0.4 is 0 Å². The fraction of sp³-hybridized carbons (Fsp3) is 0.944. The van der Waals surface area contributed by atoms with Crippen molar-refractivity contribution in [3.63, 3.8) is 0 Å². The van der Waals surface area contributed by atoms with E-state index in [4.69, 9.17) is 14.6 Å². The molecule has 0 amide bonds. The van der Waals surface area contributed by atoms with Crippen LogP contribution in [-0.2, 0) is 9.47 Å². The first-order chi connectivity index (χ1) is 19.3. The zero-order chi connectivity index (χ0) is 28.3. The van der Waals surface area contributed by atoms with Crippen LogP contribution in [0.1, 0.15) is 194 Å². The Hall–Kier alpha value is -0.380. The van der Waals surface area contributed by atoms with Gasteiger partial charge in [0.2, 0.25) is 0 Å². The number of hydrogen-bond acceptors (Lipinski definition) is 3. The Balaban J connectivity index is 3.85. The Morgan fingerprint density at radius 2 is 0.795 bits per heavy atom. The highest BCUT2D eigenvalue weighted by molar-refractivity contribution is 4.80. The molecular weight excluding hydrogens is 480 g/mol. The maximum absolute atomic E-state index is 8.78. The number of aliphatic hydroxyl groups excluding tert-OH is 1. The van der Waals surface area contributed by atoms with Crippen molar-refractivity contribution in [1.29, 1.82) is 0 Å². The summed E-state index contributed by atoms with van der Waals surface area (Å²) >= 11 is 0. The Bertz CT molecular complexity index is 429. The van der Waals surface area contributed by atoms with Crippen LogP contribution in [0.15, 0.2) is 12.2 Å². The van der Waals surface area contributed by atoms with E-state index in [1.165, 1.54) is 167 Å². The van der Waals surface area contributed by atoms with E-state index >= 15 is 0 Å². The molecule has 0 aromatic carbocycles.